The Morgan fingerprint density at radius 1 is 1.24 bits per heavy atom. The van der Waals surface area contributed by atoms with Crippen LogP contribution in [0.15, 0.2) is 29.3 Å². The molecule has 142 valence electrons. The molecule has 0 saturated carbocycles. The van der Waals surface area contributed by atoms with Gasteiger partial charge in [-0.15, -0.1) is 24.0 Å². The summed E-state index contributed by atoms with van der Waals surface area (Å²) in [5.74, 6) is 1.73. The fourth-order valence-electron chi connectivity index (χ4n) is 2.73. The number of nitrogens with zero attached hydrogens (tertiary/aromatic N) is 3. The molecular formula is C16H27IN4O3S. The highest BCUT2D eigenvalue weighted by Crippen LogP contribution is 2.28. The topological polar surface area (TPSA) is 74.2 Å². The number of methoxy groups -OCH3 is 1. The highest BCUT2D eigenvalue weighted by Gasteiger charge is 2.21. The number of sulfone groups is 1. The lowest BCUT2D eigenvalue weighted by Crippen LogP contribution is -2.53. The third kappa shape index (κ3) is 6.53. The van der Waals surface area contributed by atoms with Crippen molar-refractivity contribution in [1.82, 2.24) is 10.2 Å². The molecule has 0 radical (unpaired) electrons. The zero-order valence-corrected chi connectivity index (χ0v) is 18.1. The zero-order chi connectivity index (χ0) is 17.6. The first-order valence-corrected chi connectivity index (χ1v) is 10.0. The average Bonchev–Trinajstić information content (AvgIpc) is 2.58. The SMILES string of the molecule is CN=C(NCCS(C)(=O)=O)N1CCN(c2ccccc2OC)CC1.I. The summed E-state index contributed by atoms with van der Waals surface area (Å²) < 4.78 is 27.9. The molecule has 9 heteroatoms. The van der Waals surface area contributed by atoms with Crippen LogP contribution in [0.2, 0.25) is 0 Å². The van der Waals surface area contributed by atoms with E-state index in [4.69, 9.17) is 4.74 Å². The zero-order valence-electron chi connectivity index (χ0n) is 14.9. The van der Waals surface area contributed by atoms with Gasteiger partial charge in [0.1, 0.15) is 15.6 Å². The number of ether oxygens (including phenoxy) is 1. The van der Waals surface area contributed by atoms with E-state index in [0.29, 0.717) is 6.54 Å². The summed E-state index contributed by atoms with van der Waals surface area (Å²) in [5, 5.41) is 3.13. The lowest BCUT2D eigenvalue weighted by molar-refractivity contribution is 0.368. The molecule has 0 atom stereocenters. The Hall–Kier alpha value is -1.23. The van der Waals surface area contributed by atoms with Gasteiger partial charge in [-0.1, -0.05) is 12.1 Å². The van der Waals surface area contributed by atoms with Gasteiger partial charge in [0.15, 0.2) is 5.96 Å². The Bertz CT molecular complexity index is 674. The van der Waals surface area contributed by atoms with Gasteiger partial charge in [-0.05, 0) is 12.1 Å². The van der Waals surface area contributed by atoms with E-state index in [2.05, 4.69) is 26.2 Å². The van der Waals surface area contributed by atoms with Crippen LogP contribution in [-0.2, 0) is 9.84 Å². The van der Waals surface area contributed by atoms with E-state index in [1.54, 1.807) is 14.2 Å². The Balaban J connectivity index is 0.00000312. The Kier molecular flexibility index (Phi) is 8.77. The standard InChI is InChI=1S/C16H26N4O3S.HI/c1-17-16(18-8-13-24(3,21)22)20-11-9-19(10-12-20)14-6-4-5-7-15(14)23-2;/h4-7H,8-13H2,1-3H3,(H,17,18);1H. The predicted octanol–water partition coefficient (Wildman–Crippen LogP) is 1.06. The van der Waals surface area contributed by atoms with Gasteiger partial charge >= 0.3 is 0 Å². The van der Waals surface area contributed by atoms with Crippen LogP contribution in [0.25, 0.3) is 0 Å². The molecule has 0 unspecified atom stereocenters. The fraction of sp³-hybridized carbons (Fsp3) is 0.562. The molecule has 1 aromatic carbocycles. The maximum Gasteiger partial charge on any atom is 0.193 e. The Morgan fingerprint density at radius 2 is 1.88 bits per heavy atom. The van der Waals surface area contributed by atoms with E-state index >= 15 is 0 Å². The fourth-order valence-corrected chi connectivity index (χ4v) is 3.20. The number of hydrogen-bond donors (Lipinski definition) is 1. The number of halogens is 1. The summed E-state index contributed by atoms with van der Waals surface area (Å²) in [7, 11) is 0.431. The van der Waals surface area contributed by atoms with Gasteiger partial charge in [0, 0.05) is 46.0 Å². The lowest BCUT2D eigenvalue weighted by atomic mass is 10.2. The van der Waals surface area contributed by atoms with Crippen molar-refractivity contribution in [2.75, 3.05) is 63.8 Å². The summed E-state index contributed by atoms with van der Waals surface area (Å²) in [6, 6.07) is 8.00. The van der Waals surface area contributed by atoms with Crippen LogP contribution in [0.4, 0.5) is 5.69 Å². The van der Waals surface area contributed by atoms with Crippen LogP contribution in [-0.4, -0.2) is 78.2 Å². The lowest BCUT2D eigenvalue weighted by Gasteiger charge is -2.38. The Labute approximate surface area is 167 Å². The van der Waals surface area contributed by atoms with Crippen LogP contribution < -0.4 is 15.0 Å². The number of rotatable bonds is 5. The summed E-state index contributed by atoms with van der Waals surface area (Å²) >= 11 is 0. The number of aliphatic imine (C=N–C) groups is 1. The van der Waals surface area contributed by atoms with E-state index in [1.165, 1.54) is 6.26 Å². The maximum atomic E-state index is 11.2. The van der Waals surface area contributed by atoms with Gasteiger partial charge in [0.25, 0.3) is 0 Å². The van der Waals surface area contributed by atoms with Crippen molar-refractivity contribution in [3.05, 3.63) is 24.3 Å². The predicted molar refractivity (Wildman–Crippen MR) is 113 cm³/mol. The van der Waals surface area contributed by atoms with Crippen LogP contribution in [0, 0.1) is 0 Å². The average molecular weight is 482 g/mol. The molecule has 0 bridgehead atoms. The van der Waals surface area contributed by atoms with Gasteiger partial charge in [-0.25, -0.2) is 8.42 Å². The van der Waals surface area contributed by atoms with E-state index in [-0.39, 0.29) is 29.7 Å². The largest absolute Gasteiger partial charge is 0.495 e. The van der Waals surface area contributed by atoms with E-state index in [0.717, 1.165) is 43.6 Å². The second kappa shape index (κ2) is 10.0. The maximum absolute atomic E-state index is 11.2. The quantitative estimate of drug-likeness (QED) is 0.385. The molecule has 0 aliphatic carbocycles. The molecule has 1 aliphatic heterocycles. The second-order valence-electron chi connectivity index (χ2n) is 5.75. The third-order valence-corrected chi connectivity index (χ3v) is 4.92. The molecule has 1 aromatic rings. The number of nitrogens with one attached hydrogen (secondary N) is 1. The van der Waals surface area contributed by atoms with Gasteiger partial charge in [0.05, 0.1) is 18.6 Å². The molecule has 0 aromatic heterocycles. The highest BCUT2D eigenvalue weighted by molar-refractivity contribution is 14.0. The highest BCUT2D eigenvalue weighted by atomic mass is 127. The van der Waals surface area contributed by atoms with Crippen molar-refractivity contribution in [1.29, 1.82) is 0 Å². The van der Waals surface area contributed by atoms with Crippen molar-refractivity contribution in [2.24, 2.45) is 4.99 Å². The van der Waals surface area contributed by atoms with Gasteiger partial charge in [-0.2, -0.15) is 0 Å². The molecule has 1 fully saturated rings. The van der Waals surface area contributed by atoms with Crippen molar-refractivity contribution < 1.29 is 13.2 Å². The summed E-state index contributed by atoms with van der Waals surface area (Å²) in [5.41, 5.74) is 1.10. The number of guanidine groups is 1. The molecule has 0 amide bonds. The summed E-state index contributed by atoms with van der Waals surface area (Å²) in [6.07, 6.45) is 1.24. The van der Waals surface area contributed by atoms with E-state index in [9.17, 15) is 8.42 Å². The Morgan fingerprint density at radius 3 is 2.44 bits per heavy atom. The summed E-state index contributed by atoms with van der Waals surface area (Å²) in [6.45, 7) is 3.71. The van der Waals surface area contributed by atoms with E-state index < -0.39 is 9.84 Å². The second-order valence-corrected chi connectivity index (χ2v) is 8.01. The third-order valence-electron chi connectivity index (χ3n) is 3.97. The van der Waals surface area contributed by atoms with Crippen LogP contribution in [0.1, 0.15) is 0 Å². The molecule has 1 aliphatic rings. The molecule has 1 saturated heterocycles. The normalized spacial score (nSPS) is 15.6. The number of piperazine rings is 1. The smallest absolute Gasteiger partial charge is 0.193 e. The molecular weight excluding hydrogens is 455 g/mol. The summed E-state index contributed by atoms with van der Waals surface area (Å²) in [4.78, 5) is 8.69. The number of hydrogen-bond acceptors (Lipinski definition) is 5. The van der Waals surface area contributed by atoms with Crippen molar-refractivity contribution >= 4 is 45.5 Å². The first kappa shape index (κ1) is 21.8. The molecule has 2 rings (SSSR count). The molecule has 0 spiro atoms. The molecule has 7 nitrogen and oxygen atoms in total. The van der Waals surface area contributed by atoms with Crippen molar-refractivity contribution in [2.45, 2.75) is 0 Å². The number of para-hydroxylation sites is 2. The number of anilines is 1. The minimum atomic E-state index is -2.97. The molecule has 1 N–H and O–H groups in total. The van der Waals surface area contributed by atoms with Crippen molar-refractivity contribution in [3.63, 3.8) is 0 Å². The van der Waals surface area contributed by atoms with Gasteiger partial charge < -0.3 is 19.9 Å². The van der Waals surface area contributed by atoms with Gasteiger partial charge in [-0.3, -0.25) is 4.99 Å². The monoisotopic (exact) mass is 482 g/mol. The first-order valence-electron chi connectivity index (χ1n) is 7.96. The minimum Gasteiger partial charge on any atom is -0.495 e. The molecule has 25 heavy (non-hydrogen) atoms. The number of benzene rings is 1. The minimum absolute atomic E-state index is 0. The van der Waals surface area contributed by atoms with Crippen LogP contribution >= 0.6 is 24.0 Å². The first-order chi connectivity index (χ1) is 11.4. The van der Waals surface area contributed by atoms with E-state index in [1.807, 2.05) is 18.2 Å². The molecule has 1 heterocycles. The van der Waals surface area contributed by atoms with Crippen molar-refractivity contribution in [3.8, 4) is 5.75 Å². The van der Waals surface area contributed by atoms with Crippen LogP contribution in [0.5, 0.6) is 5.75 Å². The van der Waals surface area contributed by atoms with Crippen LogP contribution in [0.3, 0.4) is 0 Å². The van der Waals surface area contributed by atoms with Gasteiger partial charge in [0.2, 0.25) is 0 Å².